The summed E-state index contributed by atoms with van der Waals surface area (Å²) in [5.74, 6) is 1.09. The van der Waals surface area contributed by atoms with Crippen molar-refractivity contribution in [3.8, 4) is 11.5 Å². The van der Waals surface area contributed by atoms with Gasteiger partial charge >= 0.3 is 0 Å². The van der Waals surface area contributed by atoms with Crippen molar-refractivity contribution in [2.75, 3.05) is 0 Å². The number of rotatable bonds is 7. The molecule has 0 saturated heterocycles. The number of hydrogen-bond donors (Lipinski definition) is 0. The molecule has 2 spiro atoms. The average Bonchev–Trinajstić information content (AvgIpc) is 3.75. The van der Waals surface area contributed by atoms with Crippen LogP contribution in [0.15, 0.2) is 30.6 Å². The molecule has 34 heavy (non-hydrogen) atoms. The zero-order valence-corrected chi connectivity index (χ0v) is 21.0. The van der Waals surface area contributed by atoms with Crippen LogP contribution in [0, 0.1) is 17.8 Å². The van der Waals surface area contributed by atoms with Gasteiger partial charge in [-0.15, -0.1) is 10.2 Å². The fourth-order valence-corrected chi connectivity index (χ4v) is 7.61. The minimum Gasteiger partial charge on any atom is -0.305 e. The van der Waals surface area contributed by atoms with E-state index in [-0.39, 0.29) is 17.7 Å². The van der Waals surface area contributed by atoms with Gasteiger partial charge in [0, 0.05) is 30.0 Å². The van der Waals surface area contributed by atoms with Gasteiger partial charge in [-0.3, -0.25) is 0 Å². The van der Waals surface area contributed by atoms with E-state index in [1.807, 2.05) is 32.0 Å². The third kappa shape index (κ3) is 3.23. The highest BCUT2D eigenvalue weighted by atomic mass is 35.5. The Morgan fingerprint density at radius 1 is 1.09 bits per heavy atom. The molecule has 0 unspecified atom stereocenters. The Balaban J connectivity index is 1.35. The van der Waals surface area contributed by atoms with Gasteiger partial charge in [-0.25, -0.2) is 23.4 Å². The Morgan fingerprint density at radius 2 is 1.74 bits per heavy atom. The lowest BCUT2D eigenvalue weighted by Crippen LogP contribution is -2.27. The topological polar surface area (TPSA) is 104 Å². The number of nitrogens with zero attached hydrogens (tertiary/aromatic N) is 6. The number of hydrogen-bond acceptors (Lipinski definition) is 7. The number of fused-ring (bicyclic) bond motifs is 1. The second kappa shape index (κ2) is 7.31. The van der Waals surface area contributed by atoms with E-state index in [9.17, 15) is 8.42 Å². The molecule has 3 aromatic heterocycles. The van der Waals surface area contributed by atoms with Crippen LogP contribution in [-0.2, 0) is 15.6 Å². The highest BCUT2D eigenvalue weighted by Gasteiger charge is 2.88. The highest BCUT2D eigenvalue weighted by molar-refractivity contribution is 7.91. The molecule has 0 N–H and O–H groups in total. The molecule has 0 amide bonds. The van der Waals surface area contributed by atoms with Gasteiger partial charge in [0.2, 0.25) is 0 Å². The fourth-order valence-electron chi connectivity index (χ4n) is 5.94. The Bertz CT molecular complexity index is 1360. The summed E-state index contributed by atoms with van der Waals surface area (Å²) in [5.41, 5.74) is 2.25. The van der Waals surface area contributed by atoms with E-state index in [0.717, 1.165) is 11.4 Å². The molecule has 3 aromatic rings. The second-order valence-corrected chi connectivity index (χ2v) is 13.0. The maximum Gasteiger partial charge on any atom is 0.182 e. The van der Waals surface area contributed by atoms with Crippen LogP contribution in [0.5, 0.6) is 0 Å². The number of sulfone groups is 1. The van der Waals surface area contributed by atoms with Crippen LogP contribution in [0.1, 0.15) is 68.8 Å². The normalized spacial score (nSPS) is 21.5. The molecular formula is C24H27ClN6O2S. The Kier molecular flexibility index (Phi) is 4.75. The Labute approximate surface area is 204 Å². The van der Waals surface area contributed by atoms with Crippen molar-refractivity contribution in [2.45, 2.75) is 69.4 Å². The smallest absolute Gasteiger partial charge is 0.182 e. The van der Waals surface area contributed by atoms with Gasteiger partial charge in [0.25, 0.3) is 0 Å². The van der Waals surface area contributed by atoms with Crippen LogP contribution in [0.2, 0.25) is 5.02 Å². The van der Waals surface area contributed by atoms with Gasteiger partial charge in [-0.1, -0.05) is 24.6 Å². The van der Waals surface area contributed by atoms with Crippen LogP contribution >= 0.6 is 11.6 Å². The zero-order valence-electron chi connectivity index (χ0n) is 19.4. The van der Waals surface area contributed by atoms with Crippen molar-refractivity contribution in [3.63, 3.8) is 0 Å². The minimum atomic E-state index is -3.57. The van der Waals surface area contributed by atoms with Crippen LogP contribution in [0.25, 0.3) is 11.5 Å². The molecule has 8 nitrogen and oxygen atoms in total. The maximum atomic E-state index is 13.6. The maximum absolute atomic E-state index is 13.6. The quantitative estimate of drug-likeness (QED) is 0.478. The summed E-state index contributed by atoms with van der Waals surface area (Å²) >= 11 is 5.90. The third-order valence-electron chi connectivity index (χ3n) is 8.32. The van der Waals surface area contributed by atoms with Crippen molar-refractivity contribution in [1.82, 2.24) is 29.7 Å². The van der Waals surface area contributed by atoms with E-state index in [0.29, 0.717) is 33.3 Å². The molecule has 178 valence electrons. The molecule has 3 saturated carbocycles. The van der Waals surface area contributed by atoms with Gasteiger partial charge in [-0.2, -0.15) is 0 Å². The molecular weight excluding hydrogens is 472 g/mol. The largest absolute Gasteiger partial charge is 0.305 e. The van der Waals surface area contributed by atoms with Gasteiger partial charge < -0.3 is 4.57 Å². The van der Waals surface area contributed by atoms with E-state index >= 15 is 0 Å². The highest BCUT2D eigenvalue weighted by Crippen LogP contribution is 2.94. The molecule has 0 aromatic carbocycles. The average molecular weight is 499 g/mol. The lowest BCUT2D eigenvalue weighted by Gasteiger charge is -2.19. The van der Waals surface area contributed by atoms with Crippen LogP contribution < -0.4 is 0 Å². The lowest BCUT2D eigenvalue weighted by atomic mass is 10.1. The fraction of sp³-hybridized carbons (Fsp3) is 0.542. The van der Waals surface area contributed by atoms with Crippen molar-refractivity contribution >= 4 is 21.4 Å². The summed E-state index contributed by atoms with van der Waals surface area (Å²) in [6, 6.07) is 6.09. The molecule has 0 radical (unpaired) electrons. The van der Waals surface area contributed by atoms with Gasteiger partial charge in [0.05, 0.1) is 10.3 Å². The summed E-state index contributed by atoms with van der Waals surface area (Å²) in [6.45, 7) is 5.49. The summed E-state index contributed by atoms with van der Waals surface area (Å²) in [5, 5.41) is 8.63. The first-order valence-corrected chi connectivity index (χ1v) is 13.8. The zero-order chi connectivity index (χ0) is 23.9. The van der Waals surface area contributed by atoms with E-state index in [2.05, 4.69) is 29.7 Å². The van der Waals surface area contributed by atoms with Crippen LogP contribution in [0.3, 0.4) is 0 Å². The standard InChI is InChI=1S/C24H27ClN6O2S/c1-14-5-4-6-18(28-14)21-30-29-19(31(21)22-23(7-8-23)24(22)9-10-24)13-34(32,33)16(3)15(2)20-26-11-17(25)12-27-20/h4-6,11-12,15-16,22H,7-10,13H2,1-3H3/t15-,16-/m0/s1. The second-order valence-electron chi connectivity index (χ2n) is 10.2. The molecule has 3 heterocycles. The van der Waals surface area contributed by atoms with E-state index < -0.39 is 15.1 Å². The SMILES string of the molecule is Cc1cccc(-c2nnc(CS(=O)(=O)[C@@H](C)[C@H](C)c3ncc(Cl)cn3)n2C2C3(CC3)C23CC3)n1. The lowest BCUT2D eigenvalue weighted by molar-refractivity contribution is 0.555. The molecule has 3 fully saturated rings. The number of aromatic nitrogens is 6. The van der Waals surface area contributed by atoms with Crippen molar-refractivity contribution in [3.05, 3.63) is 53.0 Å². The van der Waals surface area contributed by atoms with E-state index in [4.69, 9.17) is 11.6 Å². The number of halogens is 1. The first-order valence-electron chi connectivity index (χ1n) is 11.8. The van der Waals surface area contributed by atoms with Crippen LogP contribution in [0.4, 0.5) is 0 Å². The minimum absolute atomic E-state index is 0.173. The molecule has 6 rings (SSSR count). The van der Waals surface area contributed by atoms with Crippen molar-refractivity contribution in [2.24, 2.45) is 10.8 Å². The summed E-state index contributed by atoms with van der Waals surface area (Å²) < 4.78 is 29.2. The first kappa shape index (κ1) is 22.1. The van der Waals surface area contributed by atoms with Crippen molar-refractivity contribution in [1.29, 1.82) is 0 Å². The Hall–Kier alpha value is -2.39. The summed E-state index contributed by atoms with van der Waals surface area (Å²) in [6.07, 6.45) is 7.78. The molecule has 0 aliphatic heterocycles. The first-order chi connectivity index (χ1) is 16.2. The molecule has 3 aliphatic rings. The molecule has 0 bridgehead atoms. The van der Waals surface area contributed by atoms with Crippen molar-refractivity contribution < 1.29 is 8.42 Å². The van der Waals surface area contributed by atoms with Gasteiger partial charge in [0.1, 0.15) is 23.1 Å². The Morgan fingerprint density at radius 3 is 2.32 bits per heavy atom. The monoisotopic (exact) mass is 498 g/mol. The van der Waals surface area contributed by atoms with Crippen LogP contribution in [-0.4, -0.2) is 43.4 Å². The third-order valence-corrected chi connectivity index (χ3v) is 10.7. The number of aryl methyl sites for hydroxylation is 1. The van der Waals surface area contributed by atoms with E-state index in [1.54, 1.807) is 6.92 Å². The molecule has 3 aliphatic carbocycles. The summed E-state index contributed by atoms with van der Waals surface area (Å²) in [7, 11) is -3.57. The van der Waals surface area contributed by atoms with E-state index in [1.165, 1.54) is 38.1 Å². The predicted molar refractivity (Wildman–Crippen MR) is 128 cm³/mol. The van der Waals surface area contributed by atoms with Gasteiger partial charge in [-0.05, 0) is 62.5 Å². The van der Waals surface area contributed by atoms with Gasteiger partial charge in [0.15, 0.2) is 15.7 Å². The predicted octanol–water partition coefficient (Wildman–Crippen LogP) is 4.31. The number of pyridine rings is 1. The molecule has 10 heteroatoms. The summed E-state index contributed by atoms with van der Waals surface area (Å²) in [4.78, 5) is 13.1. The molecule has 2 atom stereocenters.